The molecule has 1 heterocycles. The molecule has 0 atom stereocenters. The molecule has 0 unspecified atom stereocenters. The van der Waals surface area contributed by atoms with Crippen molar-refractivity contribution >= 4 is 46.4 Å². The molecule has 0 aliphatic carbocycles. The summed E-state index contributed by atoms with van der Waals surface area (Å²) in [6.45, 7) is 3.94. The maximum Gasteiger partial charge on any atom is 0.254 e. The molecule has 0 aromatic heterocycles. The molecule has 1 N–H and O–H groups in total. The maximum atomic E-state index is 13.0. The van der Waals surface area contributed by atoms with Gasteiger partial charge >= 0.3 is 0 Å². The highest BCUT2D eigenvalue weighted by atomic mass is 35.5. The first-order valence-corrected chi connectivity index (χ1v) is 11.7. The zero-order valence-electron chi connectivity index (χ0n) is 18.4. The van der Waals surface area contributed by atoms with E-state index < -0.39 is 0 Å². The van der Waals surface area contributed by atoms with Gasteiger partial charge in [-0.15, -0.1) is 0 Å². The van der Waals surface area contributed by atoms with Crippen LogP contribution in [0.3, 0.4) is 0 Å². The van der Waals surface area contributed by atoms with Crippen molar-refractivity contribution in [3.63, 3.8) is 0 Å². The fraction of sp³-hybridized carbons (Fsp3) is 0.231. The number of anilines is 2. The van der Waals surface area contributed by atoms with Gasteiger partial charge in [0, 0.05) is 30.9 Å². The van der Waals surface area contributed by atoms with Gasteiger partial charge in [-0.2, -0.15) is 0 Å². The van der Waals surface area contributed by atoms with E-state index in [1.165, 1.54) is 16.0 Å². The summed E-state index contributed by atoms with van der Waals surface area (Å²) < 4.78 is 0. The Morgan fingerprint density at radius 1 is 0.939 bits per heavy atom. The smallest absolute Gasteiger partial charge is 0.254 e. The molecular weight excluding hydrogens is 457 g/mol. The number of fused-ring (bicyclic) bond motifs is 1. The summed E-state index contributed by atoms with van der Waals surface area (Å²) in [5, 5.41) is 3.40. The highest BCUT2D eigenvalue weighted by Crippen LogP contribution is 2.30. The maximum absolute atomic E-state index is 13.0. The molecule has 0 saturated carbocycles. The molecule has 0 bridgehead atoms. The molecule has 0 saturated heterocycles. The third kappa shape index (κ3) is 5.32. The van der Waals surface area contributed by atoms with E-state index in [1.807, 2.05) is 31.2 Å². The molecule has 4 rings (SSSR count). The van der Waals surface area contributed by atoms with Crippen LogP contribution < -0.4 is 10.2 Å². The van der Waals surface area contributed by atoms with E-state index >= 15 is 0 Å². The van der Waals surface area contributed by atoms with Crippen molar-refractivity contribution in [2.24, 2.45) is 0 Å². The zero-order valence-corrected chi connectivity index (χ0v) is 19.9. The van der Waals surface area contributed by atoms with Crippen LogP contribution in [0.1, 0.15) is 28.4 Å². The summed E-state index contributed by atoms with van der Waals surface area (Å²) >= 11 is 12.3. The standard InChI is InChI=1S/C26H25Cl2N3O2/c1-2-30(17-24(32)29-25-22(27)8-5-9-23(25)28)26(33)19-10-12-21(13-11-19)31-15-14-18-6-3-4-7-20(18)16-31/h3-13H,2,14-17H2,1H3,(H,29,32). The molecule has 0 spiro atoms. The van der Waals surface area contributed by atoms with Crippen LogP contribution in [0, 0.1) is 0 Å². The lowest BCUT2D eigenvalue weighted by Gasteiger charge is -2.31. The second-order valence-corrected chi connectivity index (χ2v) is 8.77. The Kier molecular flexibility index (Phi) is 7.21. The largest absolute Gasteiger partial charge is 0.367 e. The van der Waals surface area contributed by atoms with E-state index in [1.54, 1.807) is 18.2 Å². The van der Waals surface area contributed by atoms with Crippen LogP contribution in [-0.2, 0) is 17.8 Å². The third-order valence-electron chi connectivity index (χ3n) is 5.84. The first-order chi connectivity index (χ1) is 16.0. The van der Waals surface area contributed by atoms with Gasteiger partial charge in [0.15, 0.2) is 0 Å². The normalized spacial score (nSPS) is 12.8. The number of amides is 2. The molecule has 33 heavy (non-hydrogen) atoms. The predicted octanol–water partition coefficient (Wildman–Crippen LogP) is 5.66. The van der Waals surface area contributed by atoms with Gasteiger partial charge in [-0.05, 0) is 60.9 Å². The van der Waals surface area contributed by atoms with Gasteiger partial charge in [-0.25, -0.2) is 0 Å². The molecule has 0 fully saturated rings. The zero-order chi connectivity index (χ0) is 23.4. The topological polar surface area (TPSA) is 52.7 Å². The first-order valence-electron chi connectivity index (χ1n) is 10.9. The molecule has 170 valence electrons. The summed E-state index contributed by atoms with van der Waals surface area (Å²) in [6.07, 6.45) is 1.00. The number of carbonyl (C=O) groups is 2. The highest BCUT2D eigenvalue weighted by molar-refractivity contribution is 6.39. The van der Waals surface area contributed by atoms with E-state index in [0.717, 1.165) is 25.2 Å². The Hall–Kier alpha value is -3.02. The monoisotopic (exact) mass is 481 g/mol. The minimum absolute atomic E-state index is 0.0957. The van der Waals surface area contributed by atoms with Crippen molar-refractivity contribution in [3.8, 4) is 0 Å². The summed E-state index contributed by atoms with van der Waals surface area (Å²) in [7, 11) is 0. The Morgan fingerprint density at radius 2 is 1.61 bits per heavy atom. The Balaban J connectivity index is 1.41. The first kappa shape index (κ1) is 23.1. The number of benzene rings is 3. The Bertz CT molecular complexity index is 1140. The number of halogens is 2. The average molecular weight is 482 g/mol. The molecule has 0 radical (unpaired) electrons. The quantitative estimate of drug-likeness (QED) is 0.494. The van der Waals surface area contributed by atoms with Crippen LogP contribution in [0.25, 0.3) is 0 Å². The van der Waals surface area contributed by atoms with E-state index in [9.17, 15) is 9.59 Å². The van der Waals surface area contributed by atoms with Crippen LogP contribution in [0.4, 0.5) is 11.4 Å². The number of para-hydroxylation sites is 1. The van der Waals surface area contributed by atoms with Crippen molar-refractivity contribution in [2.45, 2.75) is 19.9 Å². The molecule has 3 aromatic carbocycles. The summed E-state index contributed by atoms with van der Waals surface area (Å²) in [5.41, 5.74) is 4.71. The minimum Gasteiger partial charge on any atom is -0.367 e. The van der Waals surface area contributed by atoms with Gasteiger partial charge in [-0.1, -0.05) is 53.5 Å². The molecule has 3 aromatic rings. The van der Waals surface area contributed by atoms with Crippen LogP contribution in [0.5, 0.6) is 0 Å². The molecule has 1 aliphatic rings. The van der Waals surface area contributed by atoms with Gasteiger partial charge in [0.25, 0.3) is 5.91 Å². The van der Waals surface area contributed by atoms with Crippen LogP contribution in [0.15, 0.2) is 66.7 Å². The number of nitrogens with zero attached hydrogens (tertiary/aromatic N) is 2. The highest BCUT2D eigenvalue weighted by Gasteiger charge is 2.20. The van der Waals surface area contributed by atoms with E-state index in [4.69, 9.17) is 23.2 Å². The lowest BCUT2D eigenvalue weighted by atomic mass is 9.99. The van der Waals surface area contributed by atoms with Crippen molar-refractivity contribution in [3.05, 3.63) is 93.5 Å². The minimum atomic E-state index is -0.358. The third-order valence-corrected chi connectivity index (χ3v) is 6.47. The molecule has 1 aliphatic heterocycles. The van der Waals surface area contributed by atoms with Crippen LogP contribution >= 0.6 is 23.2 Å². The van der Waals surface area contributed by atoms with Crippen molar-refractivity contribution in [2.75, 3.05) is 29.9 Å². The number of carbonyl (C=O) groups excluding carboxylic acids is 2. The van der Waals surface area contributed by atoms with Crippen LogP contribution in [-0.4, -0.2) is 36.3 Å². The van der Waals surface area contributed by atoms with E-state index in [0.29, 0.717) is 27.8 Å². The number of rotatable bonds is 6. The number of hydrogen-bond donors (Lipinski definition) is 1. The molecule has 5 nitrogen and oxygen atoms in total. The lowest BCUT2D eigenvalue weighted by molar-refractivity contribution is -0.116. The molecular formula is C26H25Cl2N3O2. The van der Waals surface area contributed by atoms with Crippen molar-refractivity contribution in [1.29, 1.82) is 0 Å². The van der Waals surface area contributed by atoms with Crippen LogP contribution in [0.2, 0.25) is 10.0 Å². The van der Waals surface area contributed by atoms with Gasteiger partial charge in [-0.3, -0.25) is 9.59 Å². The lowest BCUT2D eigenvalue weighted by Crippen LogP contribution is -2.38. The number of likely N-dealkylation sites (N-methyl/N-ethyl adjacent to an activating group) is 1. The Morgan fingerprint density at radius 3 is 2.27 bits per heavy atom. The number of nitrogens with one attached hydrogen (secondary N) is 1. The molecule has 7 heteroatoms. The van der Waals surface area contributed by atoms with E-state index in [-0.39, 0.29) is 18.4 Å². The predicted molar refractivity (Wildman–Crippen MR) is 134 cm³/mol. The average Bonchev–Trinajstić information content (AvgIpc) is 2.84. The fourth-order valence-corrected chi connectivity index (χ4v) is 4.50. The summed E-state index contributed by atoms with van der Waals surface area (Å²) in [6, 6.07) is 21.1. The molecule has 2 amide bonds. The summed E-state index contributed by atoms with van der Waals surface area (Å²) in [4.78, 5) is 29.4. The van der Waals surface area contributed by atoms with Gasteiger partial charge in [0.1, 0.15) is 6.54 Å². The fourth-order valence-electron chi connectivity index (χ4n) is 4.01. The van der Waals surface area contributed by atoms with Gasteiger partial charge in [0.05, 0.1) is 15.7 Å². The SMILES string of the molecule is CCN(CC(=O)Nc1c(Cl)cccc1Cl)C(=O)c1ccc(N2CCc3ccccc3C2)cc1. The van der Waals surface area contributed by atoms with Crippen molar-refractivity contribution < 1.29 is 9.59 Å². The van der Waals surface area contributed by atoms with Gasteiger partial charge in [0.2, 0.25) is 5.91 Å². The van der Waals surface area contributed by atoms with E-state index in [2.05, 4.69) is 34.5 Å². The summed E-state index contributed by atoms with van der Waals surface area (Å²) in [5.74, 6) is -0.558. The second-order valence-electron chi connectivity index (χ2n) is 7.95. The van der Waals surface area contributed by atoms with Gasteiger partial charge < -0.3 is 15.1 Å². The number of hydrogen-bond acceptors (Lipinski definition) is 3. The van der Waals surface area contributed by atoms with Crippen molar-refractivity contribution in [1.82, 2.24) is 4.90 Å². The Labute approximate surface area is 203 Å². The second kappa shape index (κ2) is 10.3.